The zero-order valence-corrected chi connectivity index (χ0v) is 13.8. The Hall–Kier alpha value is -3.30. The van der Waals surface area contributed by atoms with Crippen molar-refractivity contribution in [2.75, 3.05) is 0 Å². The van der Waals surface area contributed by atoms with E-state index in [2.05, 4.69) is 15.1 Å². The van der Waals surface area contributed by atoms with Gasteiger partial charge in [-0.2, -0.15) is 5.10 Å². The van der Waals surface area contributed by atoms with Crippen molar-refractivity contribution >= 4 is 34.0 Å². The molecule has 0 fully saturated rings. The van der Waals surface area contributed by atoms with Gasteiger partial charge in [0.1, 0.15) is 11.8 Å². The molecule has 1 heterocycles. The van der Waals surface area contributed by atoms with Gasteiger partial charge in [-0.1, -0.05) is 23.7 Å². The zero-order valence-electron chi connectivity index (χ0n) is 13.1. The quantitative estimate of drug-likeness (QED) is 0.275. The molecule has 26 heavy (non-hydrogen) atoms. The van der Waals surface area contributed by atoms with Gasteiger partial charge in [-0.3, -0.25) is 14.9 Å². The molecular formula is C16H12ClN5O4. The Morgan fingerprint density at radius 3 is 2.81 bits per heavy atom. The van der Waals surface area contributed by atoms with Gasteiger partial charge in [-0.05, 0) is 23.8 Å². The van der Waals surface area contributed by atoms with Crippen LogP contribution in [0.3, 0.4) is 0 Å². The van der Waals surface area contributed by atoms with Crippen LogP contribution in [0.15, 0.2) is 52.4 Å². The van der Waals surface area contributed by atoms with Crippen molar-refractivity contribution in [3.05, 3.63) is 79.2 Å². The number of rotatable bonds is 4. The third-order valence-corrected chi connectivity index (χ3v) is 3.93. The highest BCUT2D eigenvalue weighted by Gasteiger charge is 2.23. The standard InChI is InChI=1S/C16H12ClN5O4/c17-9-4-5-11-12(7-9)20-16(24)14(19-11)13(21-18)15(23)8-2-1-3-10(6-8)22(25)26/h1-7,15,23H,18H2,(H,20,24)/b21-13+/t15-/m0/s1. The number of fused-ring (bicyclic) bond motifs is 1. The lowest BCUT2D eigenvalue weighted by Gasteiger charge is -2.13. The number of aliphatic hydroxyl groups excluding tert-OH is 1. The number of H-pyrrole nitrogens is 1. The first-order valence-corrected chi connectivity index (χ1v) is 7.68. The summed E-state index contributed by atoms with van der Waals surface area (Å²) in [5.74, 6) is 5.36. The van der Waals surface area contributed by atoms with Crippen molar-refractivity contribution in [2.24, 2.45) is 10.9 Å². The third-order valence-electron chi connectivity index (χ3n) is 3.69. The predicted molar refractivity (Wildman–Crippen MR) is 96.2 cm³/mol. The summed E-state index contributed by atoms with van der Waals surface area (Å²) >= 11 is 5.88. The van der Waals surface area contributed by atoms with Crippen LogP contribution < -0.4 is 11.4 Å². The number of benzene rings is 2. The van der Waals surface area contributed by atoms with Crippen molar-refractivity contribution in [2.45, 2.75) is 6.10 Å². The maximum Gasteiger partial charge on any atom is 0.276 e. The second-order valence-corrected chi connectivity index (χ2v) is 5.78. The fourth-order valence-corrected chi connectivity index (χ4v) is 2.63. The summed E-state index contributed by atoms with van der Waals surface area (Å²) in [5.41, 5.74) is -0.282. The van der Waals surface area contributed by atoms with E-state index >= 15 is 0 Å². The molecule has 0 saturated heterocycles. The van der Waals surface area contributed by atoms with Crippen molar-refractivity contribution in [3.63, 3.8) is 0 Å². The SMILES string of the molecule is N/N=C(\c1nc2ccc(Cl)cc2[nH]c1=O)[C@@H](O)c1cccc([N+](=O)[O-])c1. The third kappa shape index (κ3) is 3.25. The Labute approximate surface area is 150 Å². The Kier molecular flexibility index (Phi) is 4.65. The van der Waals surface area contributed by atoms with E-state index in [0.29, 0.717) is 16.1 Å². The average Bonchev–Trinajstić information content (AvgIpc) is 2.62. The number of nitro benzene ring substituents is 1. The summed E-state index contributed by atoms with van der Waals surface area (Å²) in [4.78, 5) is 29.4. The molecule has 3 aromatic rings. The van der Waals surface area contributed by atoms with E-state index < -0.39 is 16.6 Å². The Balaban J connectivity index is 2.09. The first kappa shape index (κ1) is 17.5. The van der Waals surface area contributed by atoms with Crippen LogP contribution >= 0.6 is 11.6 Å². The zero-order chi connectivity index (χ0) is 18.8. The fraction of sp³-hybridized carbons (Fsp3) is 0.0625. The highest BCUT2D eigenvalue weighted by Crippen LogP contribution is 2.22. The number of nitrogens with zero attached hydrogens (tertiary/aromatic N) is 3. The van der Waals surface area contributed by atoms with E-state index in [4.69, 9.17) is 17.4 Å². The molecule has 0 aliphatic rings. The van der Waals surface area contributed by atoms with Crippen LogP contribution in [0.1, 0.15) is 17.4 Å². The van der Waals surface area contributed by atoms with Gasteiger partial charge < -0.3 is 15.9 Å². The normalized spacial score (nSPS) is 12.9. The molecule has 10 heteroatoms. The topological polar surface area (TPSA) is 148 Å². The van der Waals surface area contributed by atoms with E-state index in [1.54, 1.807) is 12.1 Å². The minimum absolute atomic E-state index is 0.154. The van der Waals surface area contributed by atoms with Crippen LogP contribution in [0.5, 0.6) is 0 Å². The van der Waals surface area contributed by atoms with Gasteiger partial charge in [0.05, 0.1) is 16.0 Å². The highest BCUT2D eigenvalue weighted by atomic mass is 35.5. The van der Waals surface area contributed by atoms with Gasteiger partial charge in [0.25, 0.3) is 11.2 Å². The monoisotopic (exact) mass is 373 g/mol. The molecule has 0 aliphatic heterocycles. The Morgan fingerprint density at radius 2 is 2.12 bits per heavy atom. The smallest absolute Gasteiger partial charge is 0.276 e. The van der Waals surface area contributed by atoms with Crippen LogP contribution in [-0.2, 0) is 0 Å². The summed E-state index contributed by atoms with van der Waals surface area (Å²) in [5, 5.41) is 25.3. The summed E-state index contributed by atoms with van der Waals surface area (Å²) in [7, 11) is 0. The number of hydrazone groups is 1. The van der Waals surface area contributed by atoms with E-state index in [0.717, 1.165) is 0 Å². The highest BCUT2D eigenvalue weighted by molar-refractivity contribution is 6.31. The molecule has 0 spiro atoms. The molecule has 1 aromatic heterocycles. The molecule has 0 saturated carbocycles. The van der Waals surface area contributed by atoms with Crippen LogP contribution in [-0.4, -0.2) is 25.7 Å². The molecule has 9 nitrogen and oxygen atoms in total. The van der Waals surface area contributed by atoms with Crippen molar-refractivity contribution in [1.82, 2.24) is 9.97 Å². The second-order valence-electron chi connectivity index (χ2n) is 5.34. The van der Waals surface area contributed by atoms with Gasteiger partial charge in [0.15, 0.2) is 5.69 Å². The van der Waals surface area contributed by atoms with Crippen LogP contribution in [0.4, 0.5) is 5.69 Å². The minimum atomic E-state index is -1.47. The first-order chi connectivity index (χ1) is 12.4. The Morgan fingerprint density at radius 1 is 1.35 bits per heavy atom. The lowest BCUT2D eigenvalue weighted by atomic mass is 10.0. The number of hydrogen-bond donors (Lipinski definition) is 3. The number of halogens is 1. The number of aliphatic hydroxyl groups is 1. The van der Waals surface area contributed by atoms with E-state index in [9.17, 15) is 20.0 Å². The predicted octanol–water partition coefficient (Wildman–Crippen LogP) is 1.88. The molecule has 132 valence electrons. The molecule has 0 amide bonds. The van der Waals surface area contributed by atoms with Crippen molar-refractivity contribution in [3.8, 4) is 0 Å². The number of aromatic amines is 1. The van der Waals surface area contributed by atoms with Crippen LogP contribution in [0.25, 0.3) is 11.0 Å². The lowest BCUT2D eigenvalue weighted by molar-refractivity contribution is -0.385. The van der Waals surface area contributed by atoms with Gasteiger partial charge in [-0.25, -0.2) is 4.98 Å². The Bertz CT molecular complexity index is 1100. The molecule has 0 aliphatic carbocycles. The summed E-state index contributed by atoms with van der Waals surface area (Å²) in [6.45, 7) is 0. The molecule has 0 unspecified atom stereocenters. The second kappa shape index (κ2) is 6.90. The molecule has 4 N–H and O–H groups in total. The number of hydrogen-bond acceptors (Lipinski definition) is 7. The summed E-state index contributed by atoms with van der Waals surface area (Å²) in [6, 6.07) is 10.0. The maximum atomic E-state index is 12.3. The minimum Gasteiger partial charge on any atom is -0.382 e. The van der Waals surface area contributed by atoms with Crippen molar-refractivity contribution in [1.29, 1.82) is 0 Å². The van der Waals surface area contributed by atoms with Crippen molar-refractivity contribution < 1.29 is 10.0 Å². The number of nitrogens with one attached hydrogen (secondary N) is 1. The first-order valence-electron chi connectivity index (χ1n) is 7.31. The molecule has 2 aromatic carbocycles. The number of nitrogens with two attached hydrogens (primary N) is 1. The van der Waals surface area contributed by atoms with Gasteiger partial charge in [0.2, 0.25) is 0 Å². The van der Waals surface area contributed by atoms with Crippen LogP contribution in [0.2, 0.25) is 5.02 Å². The molecular weight excluding hydrogens is 362 g/mol. The van der Waals surface area contributed by atoms with Gasteiger partial charge in [0, 0.05) is 17.2 Å². The molecule has 1 atom stereocenters. The maximum absolute atomic E-state index is 12.3. The van der Waals surface area contributed by atoms with Gasteiger partial charge in [-0.15, -0.1) is 0 Å². The number of non-ortho nitro benzene ring substituents is 1. The molecule has 0 bridgehead atoms. The lowest BCUT2D eigenvalue weighted by Crippen LogP contribution is -2.26. The molecule has 0 radical (unpaired) electrons. The number of aromatic nitrogens is 2. The fourth-order valence-electron chi connectivity index (χ4n) is 2.46. The average molecular weight is 374 g/mol. The molecule has 3 rings (SSSR count). The van der Waals surface area contributed by atoms with E-state index in [-0.39, 0.29) is 22.7 Å². The van der Waals surface area contributed by atoms with Gasteiger partial charge >= 0.3 is 0 Å². The number of nitro groups is 1. The summed E-state index contributed by atoms with van der Waals surface area (Å²) in [6.07, 6.45) is -1.47. The van der Waals surface area contributed by atoms with E-state index in [1.165, 1.54) is 30.3 Å². The van der Waals surface area contributed by atoms with Crippen LogP contribution in [0, 0.1) is 10.1 Å². The largest absolute Gasteiger partial charge is 0.382 e. The van der Waals surface area contributed by atoms with E-state index in [1.807, 2.05) is 0 Å². The summed E-state index contributed by atoms with van der Waals surface area (Å²) < 4.78 is 0.